The van der Waals surface area contributed by atoms with E-state index < -0.39 is 0 Å². The molecule has 0 unspecified atom stereocenters. The van der Waals surface area contributed by atoms with Gasteiger partial charge in [-0.25, -0.2) is 0 Å². The highest BCUT2D eigenvalue weighted by Crippen LogP contribution is 2.25. The summed E-state index contributed by atoms with van der Waals surface area (Å²) in [6.07, 6.45) is 2.52. The number of ether oxygens (including phenoxy) is 2. The van der Waals surface area contributed by atoms with Crippen molar-refractivity contribution in [2.75, 3.05) is 26.3 Å². The van der Waals surface area contributed by atoms with Gasteiger partial charge in [0.15, 0.2) is 24.8 Å². The van der Waals surface area contributed by atoms with E-state index in [1.165, 1.54) is 12.2 Å². The van der Waals surface area contributed by atoms with Crippen LogP contribution in [0.25, 0.3) is 0 Å². The van der Waals surface area contributed by atoms with Crippen molar-refractivity contribution in [3.8, 4) is 11.5 Å². The normalized spacial score (nSPS) is 10.2. The third-order valence-electron chi connectivity index (χ3n) is 5.86. The first kappa shape index (κ1) is 28.0. The van der Waals surface area contributed by atoms with Crippen LogP contribution in [-0.4, -0.2) is 49.7 Å². The van der Waals surface area contributed by atoms with Gasteiger partial charge in [-0.3, -0.25) is 19.2 Å². The number of carbonyl (C=O) groups excluding carboxylic acids is 4. The number of amides is 2. The molecule has 0 saturated carbocycles. The lowest BCUT2D eigenvalue weighted by Crippen LogP contribution is -2.38. The molecule has 0 saturated heterocycles. The van der Waals surface area contributed by atoms with E-state index in [0.29, 0.717) is 22.6 Å². The number of benzene rings is 2. The average molecular weight is 493 g/mol. The third-order valence-corrected chi connectivity index (χ3v) is 5.86. The SMILES string of the molecule is C=CC(=O)c1ccc(OCC(=O)NCCNC(=O)COc2ccc(C(=O)C=C)c(C)c2C)c(C)c1C. The number of hydrogen-bond acceptors (Lipinski definition) is 6. The van der Waals surface area contributed by atoms with E-state index in [2.05, 4.69) is 23.8 Å². The monoisotopic (exact) mass is 492 g/mol. The topological polar surface area (TPSA) is 111 Å². The van der Waals surface area contributed by atoms with Gasteiger partial charge in [-0.15, -0.1) is 0 Å². The van der Waals surface area contributed by atoms with E-state index in [-0.39, 0.29) is 49.7 Å². The fraction of sp³-hybridized carbons (Fsp3) is 0.286. The standard InChI is InChI=1S/C28H32N2O6/c1-7-23(31)21-9-11-25(19(5)17(21)3)35-15-27(33)29-13-14-30-28(34)16-36-26-12-10-22(24(32)8-2)18(4)20(26)6/h7-12H,1-2,13-16H2,3-6H3,(H,29,33)(H,30,34). The van der Waals surface area contributed by atoms with Crippen molar-refractivity contribution in [1.82, 2.24) is 10.6 Å². The molecule has 0 fully saturated rings. The summed E-state index contributed by atoms with van der Waals surface area (Å²) in [6.45, 7) is 14.3. The zero-order valence-corrected chi connectivity index (χ0v) is 21.2. The Hall–Kier alpha value is -4.20. The van der Waals surface area contributed by atoms with Crippen LogP contribution in [0.15, 0.2) is 49.6 Å². The first-order chi connectivity index (χ1) is 17.1. The van der Waals surface area contributed by atoms with Crippen molar-refractivity contribution in [3.63, 3.8) is 0 Å². The van der Waals surface area contributed by atoms with Crippen LogP contribution in [0.3, 0.4) is 0 Å². The number of carbonyl (C=O) groups is 4. The highest BCUT2D eigenvalue weighted by molar-refractivity contribution is 6.06. The Morgan fingerprint density at radius 3 is 1.36 bits per heavy atom. The lowest BCUT2D eigenvalue weighted by atomic mass is 9.99. The molecule has 8 heteroatoms. The molecule has 2 N–H and O–H groups in total. The predicted molar refractivity (Wildman–Crippen MR) is 138 cm³/mol. The first-order valence-corrected chi connectivity index (χ1v) is 11.4. The van der Waals surface area contributed by atoms with Crippen molar-refractivity contribution in [1.29, 1.82) is 0 Å². The van der Waals surface area contributed by atoms with E-state index in [4.69, 9.17) is 9.47 Å². The maximum absolute atomic E-state index is 12.1. The van der Waals surface area contributed by atoms with Gasteiger partial charge in [-0.2, -0.15) is 0 Å². The maximum atomic E-state index is 12.1. The molecule has 0 atom stereocenters. The number of nitrogens with one attached hydrogen (secondary N) is 2. The van der Waals surface area contributed by atoms with E-state index in [1.54, 1.807) is 24.3 Å². The average Bonchev–Trinajstić information content (AvgIpc) is 2.87. The molecule has 2 amide bonds. The number of rotatable bonds is 13. The molecule has 2 aromatic rings. The first-order valence-electron chi connectivity index (χ1n) is 11.4. The van der Waals surface area contributed by atoms with Gasteiger partial charge < -0.3 is 20.1 Å². The van der Waals surface area contributed by atoms with E-state index >= 15 is 0 Å². The summed E-state index contributed by atoms with van der Waals surface area (Å²) >= 11 is 0. The Balaban J connectivity index is 1.74. The van der Waals surface area contributed by atoms with Gasteiger partial charge in [0, 0.05) is 24.2 Å². The Kier molecular flexibility index (Phi) is 10.2. The molecular weight excluding hydrogens is 460 g/mol. The molecular formula is C28H32N2O6. The van der Waals surface area contributed by atoms with Gasteiger partial charge in [0.05, 0.1) is 0 Å². The highest BCUT2D eigenvalue weighted by Gasteiger charge is 2.14. The van der Waals surface area contributed by atoms with Gasteiger partial charge in [0.25, 0.3) is 11.8 Å². The third kappa shape index (κ3) is 7.15. The van der Waals surface area contributed by atoms with E-state index in [1.807, 2.05) is 27.7 Å². The zero-order valence-electron chi connectivity index (χ0n) is 21.2. The van der Waals surface area contributed by atoms with Crippen LogP contribution >= 0.6 is 0 Å². The Labute approximate surface area is 211 Å². The molecule has 0 radical (unpaired) electrons. The molecule has 190 valence electrons. The zero-order chi connectivity index (χ0) is 26.8. The molecule has 0 aliphatic heterocycles. The molecule has 36 heavy (non-hydrogen) atoms. The number of hydrogen-bond donors (Lipinski definition) is 2. The molecule has 0 bridgehead atoms. The Morgan fingerprint density at radius 1 is 0.667 bits per heavy atom. The number of allylic oxidation sites excluding steroid dienone is 2. The van der Waals surface area contributed by atoms with Crippen LogP contribution in [0.5, 0.6) is 11.5 Å². The minimum Gasteiger partial charge on any atom is -0.483 e. The lowest BCUT2D eigenvalue weighted by molar-refractivity contribution is -0.124. The van der Waals surface area contributed by atoms with Crippen LogP contribution < -0.4 is 20.1 Å². The van der Waals surface area contributed by atoms with Crippen LogP contribution in [0.1, 0.15) is 43.0 Å². The van der Waals surface area contributed by atoms with Gasteiger partial charge in [0.1, 0.15) is 11.5 Å². The quantitative estimate of drug-likeness (QED) is 0.252. The second-order valence-electron chi connectivity index (χ2n) is 8.14. The molecule has 0 heterocycles. The van der Waals surface area contributed by atoms with Gasteiger partial charge in [-0.1, -0.05) is 13.2 Å². The lowest BCUT2D eigenvalue weighted by Gasteiger charge is -2.14. The molecule has 2 rings (SSSR count). The summed E-state index contributed by atoms with van der Waals surface area (Å²) in [7, 11) is 0. The smallest absolute Gasteiger partial charge is 0.258 e. The molecule has 2 aromatic carbocycles. The van der Waals surface area contributed by atoms with Crippen molar-refractivity contribution >= 4 is 23.4 Å². The molecule has 0 spiro atoms. The minimum absolute atomic E-state index is 0.171. The van der Waals surface area contributed by atoms with Gasteiger partial charge >= 0.3 is 0 Å². The van der Waals surface area contributed by atoms with Crippen LogP contribution in [-0.2, 0) is 9.59 Å². The summed E-state index contributed by atoms with van der Waals surface area (Å²) in [5.41, 5.74) is 4.18. The molecule has 0 aliphatic rings. The molecule has 0 aliphatic carbocycles. The molecule has 8 nitrogen and oxygen atoms in total. The summed E-state index contributed by atoms with van der Waals surface area (Å²) < 4.78 is 11.2. The summed E-state index contributed by atoms with van der Waals surface area (Å²) in [6, 6.07) is 6.60. The van der Waals surface area contributed by atoms with E-state index in [9.17, 15) is 19.2 Å². The largest absolute Gasteiger partial charge is 0.483 e. The van der Waals surface area contributed by atoms with Gasteiger partial charge in [-0.05, 0) is 86.4 Å². The van der Waals surface area contributed by atoms with Crippen LogP contribution in [0, 0.1) is 27.7 Å². The van der Waals surface area contributed by atoms with Crippen molar-refractivity contribution < 1.29 is 28.7 Å². The second kappa shape index (κ2) is 13.0. The Bertz CT molecular complexity index is 1110. The van der Waals surface area contributed by atoms with Crippen molar-refractivity contribution in [2.45, 2.75) is 27.7 Å². The fourth-order valence-electron chi connectivity index (χ4n) is 3.45. The maximum Gasteiger partial charge on any atom is 0.258 e. The number of ketones is 2. The van der Waals surface area contributed by atoms with Crippen LogP contribution in [0.4, 0.5) is 0 Å². The van der Waals surface area contributed by atoms with Crippen molar-refractivity contribution in [3.05, 3.63) is 83.0 Å². The summed E-state index contributed by atoms with van der Waals surface area (Å²) in [5, 5.41) is 5.33. The fourth-order valence-corrected chi connectivity index (χ4v) is 3.45. The molecule has 0 aromatic heterocycles. The Morgan fingerprint density at radius 2 is 1.03 bits per heavy atom. The minimum atomic E-state index is -0.343. The summed E-state index contributed by atoms with van der Waals surface area (Å²) in [4.78, 5) is 47.9. The van der Waals surface area contributed by atoms with Crippen molar-refractivity contribution in [2.24, 2.45) is 0 Å². The van der Waals surface area contributed by atoms with Crippen LogP contribution in [0.2, 0.25) is 0 Å². The predicted octanol–water partition coefficient (Wildman–Crippen LogP) is 3.35. The highest BCUT2D eigenvalue weighted by atomic mass is 16.5. The summed E-state index contributed by atoms with van der Waals surface area (Å²) in [5.74, 6) is 0.00129. The van der Waals surface area contributed by atoms with E-state index in [0.717, 1.165) is 22.3 Å². The van der Waals surface area contributed by atoms with Gasteiger partial charge in [0.2, 0.25) is 0 Å². The second-order valence-corrected chi connectivity index (χ2v) is 8.14.